The smallest absolute Gasteiger partial charge is 0.277 e. The first-order chi connectivity index (χ1) is 12.4. The van der Waals surface area contributed by atoms with Crippen molar-refractivity contribution >= 4 is 22.9 Å². The number of aryl methyl sites for hydroxylation is 4. The van der Waals surface area contributed by atoms with E-state index < -0.39 is 0 Å². The van der Waals surface area contributed by atoms with Gasteiger partial charge in [0.25, 0.3) is 5.56 Å². The fraction of sp³-hybridized carbons (Fsp3) is 0.316. The van der Waals surface area contributed by atoms with Gasteiger partial charge in [-0.2, -0.15) is 4.68 Å². The van der Waals surface area contributed by atoms with Crippen LogP contribution in [0.4, 0.5) is 5.69 Å². The third-order valence-electron chi connectivity index (χ3n) is 4.41. The fourth-order valence-corrected chi connectivity index (χ4v) is 3.65. The first-order valence-electron chi connectivity index (χ1n) is 8.53. The van der Waals surface area contributed by atoms with Crippen molar-refractivity contribution in [2.45, 2.75) is 40.5 Å². The van der Waals surface area contributed by atoms with Gasteiger partial charge in [-0.05, 0) is 38.8 Å². The molecule has 136 valence electrons. The van der Waals surface area contributed by atoms with Gasteiger partial charge in [-0.1, -0.05) is 36.5 Å². The molecule has 6 nitrogen and oxygen atoms in total. The summed E-state index contributed by atoms with van der Waals surface area (Å²) in [6, 6.07) is 7.69. The summed E-state index contributed by atoms with van der Waals surface area (Å²) in [6.07, 6.45) is 0.852. The predicted octanol–water partition coefficient (Wildman–Crippen LogP) is 3.29. The molecular formula is C19H22N4O2S. The molecule has 0 saturated carbocycles. The van der Waals surface area contributed by atoms with Crippen molar-refractivity contribution in [3.8, 4) is 5.13 Å². The molecule has 7 heteroatoms. The predicted molar refractivity (Wildman–Crippen MR) is 104 cm³/mol. The Labute approximate surface area is 155 Å². The lowest BCUT2D eigenvalue weighted by Gasteiger charge is -2.09. The molecule has 3 aromatic rings. The summed E-state index contributed by atoms with van der Waals surface area (Å²) < 4.78 is 1.42. The number of hydrogen-bond donors (Lipinski definition) is 2. The minimum Gasteiger partial charge on any atom is -0.326 e. The van der Waals surface area contributed by atoms with E-state index in [1.807, 2.05) is 45.0 Å². The summed E-state index contributed by atoms with van der Waals surface area (Å²) in [5.74, 6) is -0.205. The molecule has 0 aliphatic heterocycles. The number of carbonyl (C=O) groups is 1. The Bertz CT molecular complexity index is 993. The summed E-state index contributed by atoms with van der Waals surface area (Å²) in [6.45, 7) is 7.72. The summed E-state index contributed by atoms with van der Waals surface area (Å²) in [7, 11) is 0. The Balaban J connectivity index is 1.84. The first kappa shape index (κ1) is 18.1. The lowest BCUT2D eigenvalue weighted by Crippen LogP contribution is -2.22. The molecule has 0 unspecified atom stereocenters. The number of nitrogens with one attached hydrogen (secondary N) is 2. The fourth-order valence-electron chi connectivity index (χ4n) is 2.78. The van der Waals surface area contributed by atoms with Crippen LogP contribution in [-0.4, -0.2) is 20.7 Å². The number of carbonyl (C=O) groups excluding carboxylic acids is 1. The van der Waals surface area contributed by atoms with Crippen LogP contribution in [0.15, 0.2) is 29.1 Å². The van der Waals surface area contributed by atoms with Gasteiger partial charge in [0.05, 0.1) is 12.1 Å². The van der Waals surface area contributed by atoms with E-state index in [0.717, 1.165) is 28.2 Å². The highest BCUT2D eigenvalue weighted by atomic mass is 32.1. The van der Waals surface area contributed by atoms with Crippen LogP contribution in [0.1, 0.15) is 34.3 Å². The van der Waals surface area contributed by atoms with Crippen LogP contribution < -0.4 is 10.9 Å². The Morgan fingerprint density at radius 2 is 2.00 bits per heavy atom. The van der Waals surface area contributed by atoms with Gasteiger partial charge in [0.1, 0.15) is 0 Å². The Morgan fingerprint density at radius 3 is 2.65 bits per heavy atom. The Hall–Kier alpha value is -2.67. The number of rotatable bonds is 5. The molecule has 3 rings (SSSR count). The molecule has 2 aromatic heterocycles. The van der Waals surface area contributed by atoms with Crippen LogP contribution in [0.5, 0.6) is 0 Å². The first-order valence-corrected chi connectivity index (χ1v) is 9.35. The van der Waals surface area contributed by atoms with E-state index >= 15 is 0 Å². The lowest BCUT2D eigenvalue weighted by molar-refractivity contribution is -0.115. The number of aromatic amines is 1. The third kappa shape index (κ3) is 3.48. The molecule has 1 amide bonds. The molecule has 0 atom stereocenters. The van der Waals surface area contributed by atoms with Crippen LogP contribution in [-0.2, 0) is 17.6 Å². The maximum absolute atomic E-state index is 12.7. The topological polar surface area (TPSA) is 79.8 Å². The van der Waals surface area contributed by atoms with Crippen molar-refractivity contribution in [3.05, 3.63) is 62.0 Å². The zero-order valence-electron chi connectivity index (χ0n) is 15.3. The van der Waals surface area contributed by atoms with E-state index in [-0.39, 0.29) is 17.9 Å². The molecule has 1 aromatic carbocycles. The van der Waals surface area contributed by atoms with E-state index in [1.54, 1.807) is 6.92 Å². The normalized spacial score (nSPS) is 10.9. The summed E-state index contributed by atoms with van der Waals surface area (Å²) in [5.41, 5.74) is 3.67. The number of aromatic nitrogens is 3. The van der Waals surface area contributed by atoms with Gasteiger partial charge in [-0.25, -0.2) is 4.98 Å². The molecule has 26 heavy (non-hydrogen) atoms. The highest BCUT2D eigenvalue weighted by Gasteiger charge is 2.18. The van der Waals surface area contributed by atoms with Gasteiger partial charge in [-0.3, -0.25) is 14.7 Å². The molecular weight excluding hydrogens is 348 g/mol. The van der Waals surface area contributed by atoms with Gasteiger partial charge in [0.2, 0.25) is 11.0 Å². The molecule has 0 spiro atoms. The van der Waals surface area contributed by atoms with Crippen LogP contribution in [0, 0.1) is 20.8 Å². The molecule has 2 heterocycles. The summed E-state index contributed by atoms with van der Waals surface area (Å²) in [5, 5.41) is 6.54. The van der Waals surface area contributed by atoms with Crippen molar-refractivity contribution in [2.24, 2.45) is 0 Å². The van der Waals surface area contributed by atoms with Gasteiger partial charge in [0, 0.05) is 21.8 Å². The zero-order valence-corrected chi connectivity index (χ0v) is 16.2. The molecule has 2 N–H and O–H groups in total. The van der Waals surface area contributed by atoms with Gasteiger partial charge >= 0.3 is 0 Å². The monoisotopic (exact) mass is 370 g/mol. The molecule has 0 aliphatic rings. The Morgan fingerprint density at radius 1 is 1.27 bits per heavy atom. The molecule has 0 fully saturated rings. The molecule has 0 bridgehead atoms. The largest absolute Gasteiger partial charge is 0.326 e. The lowest BCUT2D eigenvalue weighted by atomic mass is 10.1. The average molecular weight is 370 g/mol. The standard InChI is InChI=1S/C19H22N4O2S/c1-5-14-8-6-7-9-16(14)21-17(24)10-15-12(3)22-23(18(15)25)19-20-11(2)13(4)26-19/h6-9,22H,5,10H2,1-4H3,(H,21,24). The number of hydrogen-bond acceptors (Lipinski definition) is 4. The van der Waals surface area contributed by atoms with Gasteiger partial charge < -0.3 is 5.32 Å². The van der Waals surface area contributed by atoms with E-state index in [4.69, 9.17) is 0 Å². The van der Waals surface area contributed by atoms with E-state index in [1.165, 1.54) is 16.0 Å². The number of benzene rings is 1. The SMILES string of the molecule is CCc1ccccc1NC(=O)Cc1c(C)[nH]n(-c2nc(C)c(C)s2)c1=O. The molecule has 0 aliphatic carbocycles. The van der Waals surface area contributed by atoms with Crippen LogP contribution in [0.2, 0.25) is 0 Å². The second-order valence-corrected chi connectivity index (χ2v) is 7.41. The summed E-state index contributed by atoms with van der Waals surface area (Å²) >= 11 is 1.45. The van der Waals surface area contributed by atoms with Crippen molar-refractivity contribution in [1.82, 2.24) is 14.8 Å². The van der Waals surface area contributed by atoms with E-state index in [0.29, 0.717) is 16.4 Å². The van der Waals surface area contributed by atoms with Crippen LogP contribution >= 0.6 is 11.3 Å². The molecule has 0 saturated heterocycles. The van der Waals surface area contributed by atoms with E-state index in [9.17, 15) is 9.59 Å². The second kappa shape index (κ2) is 7.29. The Kier molecular flexibility index (Phi) is 5.08. The van der Waals surface area contributed by atoms with E-state index in [2.05, 4.69) is 15.4 Å². The highest BCUT2D eigenvalue weighted by Crippen LogP contribution is 2.20. The number of para-hydroxylation sites is 1. The minimum atomic E-state index is -0.227. The number of thiazole rings is 1. The van der Waals surface area contributed by atoms with Gasteiger partial charge in [0.15, 0.2) is 0 Å². The minimum absolute atomic E-state index is 0.0234. The molecule has 0 radical (unpaired) electrons. The number of nitrogens with zero attached hydrogens (tertiary/aromatic N) is 2. The average Bonchev–Trinajstić information content (AvgIpc) is 3.09. The van der Waals surface area contributed by atoms with Crippen molar-refractivity contribution in [1.29, 1.82) is 0 Å². The van der Waals surface area contributed by atoms with Crippen molar-refractivity contribution in [2.75, 3.05) is 5.32 Å². The number of anilines is 1. The number of H-pyrrole nitrogens is 1. The van der Waals surface area contributed by atoms with Crippen molar-refractivity contribution < 1.29 is 4.79 Å². The van der Waals surface area contributed by atoms with Crippen LogP contribution in [0.3, 0.4) is 0 Å². The third-order valence-corrected chi connectivity index (χ3v) is 5.47. The summed E-state index contributed by atoms with van der Waals surface area (Å²) in [4.78, 5) is 30.7. The van der Waals surface area contributed by atoms with Crippen molar-refractivity contribution in [3.63, 3.8) is 0 Å². The van der Waals surface area contributed by atoms with Gasteiger partial charge in [-0.15, -0.1) is 0 Å². The highest BCUT2D eigenvalue weighted by molar-refractivity contribution is 7.14. The maximum Gasteiger partial charge on any atom is 0.277 e. The second-order valence-electron chi connectivity index (χ2n) is 6.23. The maximum atomic E-state index is 12.7. The number of amides is 1. The quantitative estimate of drug-likeness (QED) is 0.723. The zero-order chi connectivity index (χ0) is 18.8. The van der Waals surface area contributed by atoms with Crippen LogP contribution in [0.25, 0.3) is 5.13 Å².